The van der Waals surface area contributed by atoms with Crippen LogP contribution in [0.25, 0.3) is 0 Å². The van der Waals surface area contributed by atoms with E-state index in [4.69, 9.17) is 0 Å². The van der Waals surface area contributed by atoms with E-state index in [0.717, 1.165) is 12.0 Å². The number of aliphatic imine (C=N–C) groups is 1. The highest BCUT2D eigenvalue weighted by atomic mass is 16.5. The van der Waals surface area contributed by atoms with E-state index in [2.05, 4.69) is 11.1 Å². The molecule has 1 heterocycles. The molecule has 82 valence electrons. The maximum absolute atomic E-state index is 11.8. The van der Waals surface area contributed by atoms with Gasteiger partial charge in [-0.25, -0.2) is 0 Å². The van der Waals surface area contributed by atoms with Crippen molar-refractivity contribution >= 4 is 12.2 Å². The molecule has 0 aromatic heterocycles. The van der Waals surface area contributed by atoms with Crippen molar-refractivity contribution in [3.63, 3.8) is 0 Å². The van der Waals surface area contributed by atoms with Crippen LogP contribution in [0.1, 0.15) is 17.5 Å². The van der Waals surface area contributed by atoms with Gasteiger partial charge in [0.15, 0.2) is 0 Å². The minimum atomic E-state index is -0.747. The fourth-order valence-corrected chi connectivity index (χ4v) is 2.50. The Morgan fingerprint density at radius 1 is 1.31 bits per heavy atom. The highest BCUT2D eigenvalue weighted by molar-refractivity contribution is 5.99. The molecule has 3 rings (SSSR count). The molecule has 1 unspecified atom stereocenters. The molecular formula is C12H12N2O2. The van der Waals surface area contributed by atoms with Crippen LogP contribution < -0.4 is 0 Å². The van der Waals surface area contributed by atoms with Crippen LogP contribution in [0.4, 0.5) is 0 Å². The smallest absolute Gasteiger partial charge is 0.279 e. The maximum Gasteiger partial charge on any atom is 0.279 e. The van der Waals surface area contributed by atoms with Crippen LogP contribution in [-0.4, -0.2) is 28.1 Å². The van der Waals surface area contributed by atoms with Gasteiger partial charge >= 0.3 is 0 Å². The first-order valence-electron chi connectivity index (χ1n) is 5.36. The number of aryl methyl sites for hydroxylation is 1. The van der Waals surface area contributed by atoms with Crippen molar-refractivity contribution in [1.82, 2.24) is 5.06 Å². The van der Waals surface area contributed by atoms with Gasteiger partial charge in [-0.1, -0.05) is 24.3 Å². The van der Waals surface area contributed by atoms with Crippen molar-refractivity contribution in [2.45, 2.75) is 24.8 Å². The van der Waals surface area contributed by atoms with Gasteiger partial charge in [-0.05, 0) is 24.0 Å². The van der Waals surface area contributed by atoms with Gasteiger partial charge in [-0.2, -0.15) is 5.06 Å². The summed E-state index contributed by atoms with van der Waals surface area (Å²) in [4.78, 5) is 16.0. The average molecular weight is 216 g/mol. The summed E-state index contributed by atoms with van der Waals surface area (Å²) in [7, 11) is 0. The van der Waals surface area contributed by atoms with Gasteiger partial charge in [0.1, 0.15) is 11.9 Å². The lowest BCUT2D eigenvalue weighted by molar-refractivity contribution is -0.151. The van der Waals surface area contributed by atoms with Crippen LogP contribution in [0.5, 0.6) is 0 Å². The molecule has 4 heteroatoms. The van der Waals surface area contributed by atoms with E-state index in [1.807, 2.05) is 18.2 Å². The molecule has 0 saturated heterocycles. The van der Waals surface area contributed by atoms with Crippen LogP contribution in [0.2, 0.25) is 0 Å². The molecule has 16 heavy (non-hydrogen) atoms. The first kappa shape index (κ1) is 9.54. The first-order chi connectivity index (χ1) is 7.71. The predicted molar refractivity (Wildman–Crippen MR) is 58.3 cm³/mol. The number of hydrogen-bond acceptors (Lipinski definition) is 3. The third-order valence-corrected chi connectivity index (χ3v) is 3.43. The number of nitrogens with zero attached hydrogens (tertiary/aromatic N) is 2. The molecule has 0 saturated carbocycles. The zero-order chi connectivity index (χ0) is 11.2. The van der Waals surface area contributed by atoms with Crippen LogP contribution in [0.3, 0.4) is 0 Å². The van der Waals surface area contributed by atoms with Crippen LogP contribution in [-0.2, 0) is 17.6 Å². The Labute approximate surface area is 93.2 Å². The summed E-state index contributed by atoms with van der Waals surface area (Å²) < 4.78 is 0. The molecule has 1 aliphatic carbocycles. The Kier molecular flexibility index (Phi) is 1.88. The number of rotatable bonds is 0. The van der Waals surface area contributed by atoms with Gasteiger partial charge in [0.05, 0.1) is 0 Å². The summed E-state index contributed by atoms with van der Waals surface area (Å²) in [5, 5.41) is 9.90. The van der Waals surface area contributed by atoms with E-state index in [0.29, 0.717) is 17.9 Å². The molecule has 1 aromatic carbocycles. The van der Waals surface area contributed by atoms with Crippen LogP contribution in [0, 0.1) is 0 Å². The maximum atomic E-state index is 11.8. The average Bonchev–Trinajstić information content (AvgIpc) is 2.58. The second-order valence-electron chi connectivity index (χ2n) is 4.37. The Hall–Kier alpha value is -1.68. The zero-order valence-corrected chi connectivity index (χ0v) is 8.76. The molecule has 2 aliphatic rings. The molecule has 1 aliphatic heterocycles. The lowest BCUT2D eigenvalue weighted by Crippen LogP contribution is -2.44. The first-order valence-corrected chi connectivity index (χ1v) is 5.36. The topological polar surface area (TPSA) is 52.9 Å². The quantitative estimate of drug-likeness (QED) is 0.662. The Morgan fingerprint density at radius 2 is 2.06 bits per heavy atom. The van der Waals surface area contributed by atoms with Gasteiger partial charge in [0.25, 0.3) is 5.91 Å². The molecular weight excluding hydrogens is 204 g/mol. The monoisotopic (exact) mass is 216 g/mol. The number of amides is 1. The van der Waals surface area contributed by atoms with Crippen molar-refractivity contribution < 1.29 is 10.0 Å². The van der Waals surface area contributed by atoms with Gasteiger partial charge < -0.3 is 0 Å². The van der Waals surface area contributed by atoms with E-state index in [1.165, 1.54) is 11.9 Å². The normalized spacial score (nSPS) is 27.6. The molecule has 1 aromatic rings. The summed E-state index contributed by atoms with van der Waals surface area (Å²) in [5.74, 6) is -0.304. The standard InChI is InChI=1S/C12H12N2O2/c15-11-12(13-8-14(11)16)6-5-9-3-1-2-4-10(9)7-12/h1-4,8,16H,5-7H2. The number of carbonyl (C=O) groups excluding carboxylic acids is 1. The van der Waals surface area contributed by atoms with Crippen LogP contribution >= 0.6 is 0 Å². The van der Waals surface area contributed by atoms with Crippen molar-refractivity contribution in [3.05, 3.63) is 35.4 Å². The molecule has 0 fully saturated rings. The summed E-state index contributed by atoms with van der Waals surface area (Å²) >= 11 is 0. The van der Waals surface area contributed by atoms with E-state index in [1.54, 1.807) is 0 Å². The minimum absolute atomic E-state index is 0.304. The second kappa shape index (κ2) is 3.15. The summed E-state index contributed by atoms with van der Waals surface area (Å²) in [6.45, 7) is 0. The summed E-state index contributed by atoms with van der Waals surface area (Å²) in [6.07, 6.45) is 3.33. The minimum Gasteiger partial charge on any atom is -0.280 e. The van der Waals surface area contributed by atoms with E-state index in [9.17, 15) is 10.0 Å². The number of benzene rings is 1. The molecule has 1 spiro atoms. The lowest BCUT2D eigenvalue weighted by atomic mass is 9.78. The fourth-order valence-electron chi connectivity index (χ4n) is 2.50. The Balaban J connectivity index is 1.99. The highest BCUT2D eigenvalue weighted by Gasteiger charge is 2.46. The Morgan fingerprint density at radius 3 is 2.75 bits per heavy atom. The van der Waals surface area contributed by atoms with Gasteiger partial charge in [-0.3, -0.25) is 15.0 Å². The van der Waals surface area contributed by atoms with E-state index >= 15 is 0 Å². The molecule has 1 atom stereocenters. The third kappa shape index (κ3) is 1.20. The SMILES string of the molecule is O=C1N(O)C=NC12CCc1ccccc1C2. The molecule has 0 radical (unpaired) electrons. The fraction of sp³-hybridized carbons (Fsp3) is 0.333. The number of hydroxylamine groups is 2. The van der Waals surface area contributed by atoms with Crippen molar-refractivity contribution in [2.75, 3.05) is 0 Å². The number of hydrogen-bond donors (Lipinski definition) is 1. The van der Waals surface area contributed by atoms with Gasteiger partial charge in [-0.15, -0.1) is 0 Å². The molecule has 1 amide bonds. The van der Waals surface area contributed by atoms with Gasteiger partial charge in [0, 0.05) is 6.42 Å². The van der Waals surface area contributed by atoms with Crippen LogP contribution in [0.15, 0.2) is 29.3 Å². The molecule has 4 nitrogen and oxygen atoms in total. The van der Waals surface area contributed by atoms with Crippen molar-refractivity contribution in [1.29, 1.82) is 0 Å². The number of carbonyl (C=O) groups is 1. The van der Waals surface area contributed by atoms with Gasteiger partial charge in [0.2, 0.25) is 0 Å². The predicted octanol–water partition coefficient (Wildman–Crippen LogP) is 1.17. The number of fused-ring (bicyclic) bond motifs is 1. The molecule has 0 bridgehead atoms. The zero-order valence-electron chi connectivity index (χ0n) is 8.76. The third-order valence-electron chi connectivity index (χ3n) is 3.43. The Bertz CT molecular complexity index is 484. The van der Waals surface area contributed by atoms with E-state index in [-0.39, 0.29) is 5.91 Å². The van der Waals surface area contributed by atoms with Crippen molar-refractivity contribution in [3.8, 4) is 0 Å². The summed E-state index contributed by atoms with van der Waals surface area (Å²) in [6, 6.07) is 8.09. The largest absolute Gasteiger partial charge is 0.280 e. The lowest BCUT2D eigenvalue weighted by Gasteiger charge is -2.30. The van der Waals surface area contributed by atoms with Crippen molar-refractivity contribution in [2.24, 2.45) is 4.99 Å². The van der Waals surface area contributed by atoms with E-state index < -0.39 is 5.54 Å². The molecule has 1 N–H and O–H groups in total. The highest BCUT2D eigenvalue weighted by Crippen LogP contribution is 2.34. The second-order valence-corrected chi connectivity index (χ2v) is 4.37. The summed E-state index contributed by atoms with van der Waals surface area (Å²) in [5.41, 5.74) is 1.70.